The van der Waals surface area contributed by atoms with E-state index in [2.05, 4.69) is 15.5 Å². The van der Waals surface area contributed by atoms with E-state index in [0.717, 1.165) is 17.4 Å². The Morgan fingerprint density at radius 1 is 1.20 bits per heavy atom. The topological polar surface area (TPSA) is 98.0 Å². The van der Waals surface area contributed by atoms with E-state index in [-0.39, 0.29) is 11.5 Å². The molecule has 0 spiro atoms. The van der Waals surface area contributed by atoms with Gasteiger partial charge in [-0.3, -0.25) is 14.9 Å². The van der Waals surface area contributed by atoms with E-state index in [1.54, 1.807) is 12.1 Å². The maximum absolute atomic E-state index is 11.4. The van der Waals surface area contributed by atoms with Gasteiger partial charge in [0.2, 0.25) is 5.13 Å². The number of nitrogens with one attached hydrogen (secondary N) is 1. The predicted octanol–water partition coefficient (Wildman–Crippen LogP) is 4.54. The SMILES string of the molecule is CC(=O)c1ccc(Sc2nnc(Nc3ccccc3)s2)c([N+](=O)[O-])c1. The van der Waals surface area contributed by atoms with Crippen molar-refractivity contribution in [2.45, 2.75) is 16.2 Å². The third kappa shape index (κ3) is 4.20. The Labute approximate surface area is 151 Å². The minimum absolute atomic E-state index is 0.120. The molecule has 0 radical (unpaired) electrons. The fourth-order valence-corrected chi connectivity index (χ4v) is 3.82. The Morgan fingerprint density at radius 2 is 1.96 bits per heavy atom. The molecule has 1 N–H and O–H groups in total. The number of ketones is 1. The molecule has 0 fully saturated rings. The second-order valence-electron chi connectivity index (χ2n) is 4.96. The molecule has 126 valence electrons. The molecule has 25 heavy (non-hydrogen) atoms. The summed E-state index contributed by atoms with van der Waals surface area (Å²) in [6.45, 7) is 1.37. The molecule has 1 aromatic heterocycles. The first-order valence-electron chi connectivity index (χ1n) is 7.16. The van der Waals surface area contributed by atoms with Gasteiger partial charge in [0.25, 0.3) is 5.69 Å². The highest BCUT2D eigenvalue weighted by Gasteiger charge is 2.19. The molecule has 0 saturated carbocycles. The van der Waals surface area contributed by atoms with Gasteiger partial charge in [-0.05, 0) is 43.0 Å². The van der Waals surface area contributed by atoms with Gasteiger partial charge in [0.15, 0.2) is 10.1 Å². The van der Waals surface area contributed by atoms with Gasteiger partial charge in [-0.15, -0.1) is 10.2 Å². The van der Waals surface area contributed by atoms with Gasteiger partial charge in [0.05, 0.1) is 9.82 Å². The number of rotatable bonds is 6. The number of nitro benzene ring substituents is 1. The third-order valence-electron chi connectivity index (χ3n) is 3.19. The lowest BCUT2D eigenvalue weighted by Gasteiger charge is -2.02. The van der Waals surface area contributed by atoms with Crippen LogP contribution in [-0.4, -0.2) is 20.9 Å². The molecular weight excluding hydrogens is 360 g/mol. The summed E-state index contributed by atoms with van der Waals surface area (Å²) in [6.07, 6.45) is 0. The van der Waals surface area contributed by atoms with Crippen molar-refractivity contribution >= 4 is 45.4 Å². The third-order valence-corrected chi connectivity index (χ3v) is 5.15. The largest absolute Gasteiger partial charge is 0.330 e. The number of nitro groups is 1. The summed E-state index contributed by atoms with van der Waals surface area (Å²) in [5, 5.41) is 23.1. The normalized spacial score (nSPS) is 10.4. The summed E-state index contributed by atoms with van der Waals surface area (Å²) in [7, 11) is 0. The van der Waals surface area contributed by atoms with Gasteiger partial charge < -0.3 is 5.32 Å². The average Bonchev–Trinajstić information content (AvgIpc) is 3.02. The fraction of sp³-hybridized carbons (Fsp3) is 0.0625. The van der Waals surface area contributed by atoms with E-state index in [9.17, 15) is 14.9 Å². The molecule has 0 saturated heterocycles. The quantitative estimate of drug-likeness (QED) is 0.385. The van der Waals surface area contributed by atoms with Gasteiger partial charge >= 0.3 is 0 Å². The van der Waals surface area contributed by atoms with Gasteiger partial charge in [-0.25, -0.2) is 0 Å². The van der Waals surface area contributed by atoms with Crippen molar-refractivity contribution in [1.82, 2.24) is 10.2 Å². The van der Waals surface area contributed by atoms with E-state index in [0.29, 0.717) is 19.9 Å². The Bertz CT molecular complexity index is 928. The van der Waals surface area contributed by atoms with Crippen LogP contribution in [-0.2, 0) is 0 Å². The van der Waals surface area contributed by atoms with E-state index >= 15 is 0 Å². The van der Waals surface area contributed by atoms with E-state index < -0.39 is 4.92 Å². The van der Waals surface area contributed by atoms with Crippen molar-refractivity contribution in [1.29, 1.82) is 0 Å². The number of para-hydroxylation sites is 1. The van der Waals surface area contributed by atoms with Crippen LogP contribution in [0.25, 0.3) is 0 Å². The lowest BCUT2D eigenvalue weighted by atomic mass is 10.1. The molecule has 0 aliphatic rings. The molecule has 3 aromatic rings. The van der Waals surface area contributed by atoms with E-state index in [4.69, 9.17) is 0 Å². The number of aromatic nitrogens is 2. The lowest BCUT2D eigenvalue weighted by Crippen LogP contribution is -1.96. The summed E-state index contributed by atoms with van der Waals surface area (Å²) in [4.78, 5) is 22.6. The molecule has 0 aliphatic carbocycles. The Balaban J connectivity index is 1.81. The molecule has 2 aromatic carbocycles. The van der Waals surface area contributed by atoms with Crippen LogP contribution in [0.2, 0.25) is 0 Å². The highest BCUT2D eigenvalue weighted by Crippen LogP contribution is 2.38. The summed E-state index contributed by atoms with van der Waals surface area (Å²) in [5.41, 5.74) is 1.07. The maximum Gasteiger partial charge on any atom is 0.284 e. The minimum Gasteiger partial charge on any atom is -0.330 e. The van der Waals surface area contributed by atoms with Crippen molar-refractivity contribution in [3.05, 3.63) is 64.2 Å². The van der Waals surface area contributed by atoms with Crippen molar-refractivity contribution in [3.63, 3.8) is 0 Å². The number of hydrogen-bond donors (Lipinski definition) is 1. The van der Waals surface area contributed by atoms with Crippen LogP contribution in [0.15, 0.2) is 57.8 Å². The van der Waals surface area contributed by atoms with Crippen LogP contribution in [0.1, 0.15) is 17.3 Å². The molecule has 0 unspecified atom stereocenters. The van der Waals surface area contributed by atoms with Crippen molar-refractivity contribution in [2.75, 3.05) is 5.32 Å². The zero-order valence-electron chi connectivity index (χ0n) is 13.0. The zero-order valence-corrected chi connectivity index (χ0v) is 14.6. The maximum atomic E-state index is 11.4. The van der Waals surface area contributed by atoms with Crippen LogP contribution in [0, 0.1) is 10.1 Å². The number of Topliss-reactive ketones (excluding diaryl/α,β-unsaturated/α-hetero) is 1. The monoisotopic (exact) mass is 372 g/mol. The van der Waals surface area contributed by atoms with Crippen molar-refractivity contribution in [2.24, 2.45) is 0 Å². The summed E-state index contributed by atoms with van der Waals surface area (Å²) >= 11 is 2.44. The zero-order chi connectivity index (χ0) is 17.8. The summed E-state index contributed by atoms with van der Waals surface area (Å²) in [6, 6.07) is 13.9. The highest BCUT2D eigenvalue weighted by atomic mass is 32.2. The lowest BCUT2D eigenvalue weighted by molar-refractivity contribution is -0.387. The second-order valence-corrected chi connectivity index (χ2v) is 7.23. The molecule has 1 heterocycles. The van der Waals surface area contributed by atoms with Crippen LogP contribution < -0.4 is 5.32 Å². The molecular formula is C16H12N4O3S2. The Kier molecular flexibility index (Phi) is 5.05. The van der Waals surface area contributed by atoms with Crippen LogP contribution in [0.3, 0.4) is 0 Å². The van der Waals surface area contributed by atoms with Gasteiger partial charge in [-0.1, -0.05) is 29.5 Å². The smallest absolute Gasteiger partial charge is 0.284 e. The Morgan fingerprint density at radius 3 is 2.64 bits per heavy atom. The number of hydrogen-bond acceptors (Lipinski definition) is 8. The molecule has 0 amide bonds. The number of carbonyl (C=O) groups is 1. The minimum atomic E-state index is -0.501. The molecule has 7 nitrogen and oxygen atoms in total. The number of benzene rings is 2. The Hall–Kier alpha value is -2.78. The molecule has 0 bridgehead atoms. The average molecular weight is 372 g/mol. The second kappa shape index (κ2) is 7.41. The molecule has 3 rings (SSSR count). The fourth-order valence-electron chi connectivity index (χ4n) is 2.01. The van der Waals surface area contributed by atoms with Crippen LogP contribution >= 0.6 is 23.1 Å². The first-order chi connectivity index (χ1) is 12.0. The number of anilines is 2. The number of carbonyl (C=O) groups excluding carboxylic acids is 1. The van der Waals surface area contributed by atoms with E-state index in [1.807, 2.05) is 30.3 Å². The predicted molar refractivity (Wildman–Crippen MR) is 96.9 cm³/mol. The number of nitrogens with zero attached hydrogens (tertiary/aromatic N) is 3. The van der Waals surface area contributed by atoms with Gasteiger partial charge in [0, 0.05) is 17.3 Å². The summed E-state index contributed by atoms with van der Waals surface area (Å²) < 4.78 is 0.567. The van der Waals surface area contributed by atoms with Gasteiger partial charge in [0.1, 0.15) is 0 Å². The molecule has 9 heteroatoms. The van der Waals surface area contributed by atoms with Crippen LogP contribution in [0.5, 0.6) is 0 Å². The summed E-state index contributed by atoms with van der Waals surface area (Å²) in [5.74, 6) is -0.218. The van der Waals surface area contributed by atoms with Crippen molar-refractivity contribution < 1.29 is 9.72 Å². The van der Waals surface area contributed by atoms with Gasteiger partial charge in [-0.2, -0.15) is 0 Å². The molecule has 0 aliphatic heterocycles. The van der Waals surface area contributed by atoms with Crippen molar-refractivity contribution in [3.8, 4) is 0 Å². The first kappa shape index (κ1) is 17.1. The first-order valence-corrected chi connectivity index (χ1v) is 8.79. The standard InChI is InChI=1S/C16H12N4O3S2/c1-10(21)11-7-8-14(13(9-11)20(22)23)24-16-19-18-15(25-16)17-12-5-3-2-4-6-12/h2-9H,1H3,(H,17,18). The molecule has 0 atom stereocenters. The van der Waals surface area contributed by atoms with Crippen LogP contribution in [0.4, 0.5) is 16.5 Å². The van der Waals surface area contributed by atoms with E-state index in [1.165, 1.54) is 24.3 Å². The highest BCUT2D eigenvalue weighted by molar-refractivity contribution is 8.01.